The lowest BCUT2D eigenvalue weighted by atomic mass is 10.1. The number of nitrogens with one attached hydrogen (secondary N) is 1. The second-order valence-corrected chi connectivity index (χ2v) is 5.05. The first-order valence-electron chi connectivity index (χ1n) is 5.44. The number of hydrogen-bond acceptors (Lipinski definition) is 2. The smallest absolute Gasteiger partial charge is 0.156 e. The maximum Gasteiger partial charge on any atom is 0.156 e. The molecule has 87 valence electrons. The van der Waals surface area contributed by atoms with Crippen molar-refractivity contribution >= 4 is 27.0 Å². The van der Waals surface area contributed by atoms with Gasteiger partial charge in [-0.25, -0.2) is 4.98 Å². The van der Waals surface area contributed by atoms with E-state index in [1.54, 1.807) is 6.20 Å². The minimum absolute atomic E-state index is 0.766. The van der Waals surface area contributed by atoms with Crippen LogP contribution in [0.25, 0.3) is 11.0 Å². The zero-order valence-corrected chi connectivity index (χ0v) is 11.4. The minimum Gasteiger partial charge on any atom is -0.260 e. The number of hydrogen-bond donors (Lipinski definition) is 1. The van der Waals surface area contributed by atoms with Crippen LogP contribution in [0, 0.1) is 17.8 Å². The van der Waals surface area contributed by atoms with Gasteiger partial charge in [0, 0.05) is 17.1 Å². The topological polar surface area (TPSA) is 41.6 Å². The van der Waals surface area contributed by atoms with E-state index in [4.69, 9.17) is 0 Å². The normalized spacial score (nSPS) is 10.6. The molecule has 0 fully saturated rings. The highest BCUT2D eigenvalue weighted by atomic mass is 79.9. The molecule has 3 nitrogen and oxygen atoms in total. The van der Waals surface area contributed by atoms with Crippen LogP contribution in [0.2, 0.25) is 0 Å². The Morgan fingerprint density at radius 3 is 3.06 bits per heavy atom. The molecule has 0 amide bonds. The van der Waals surface area contributed by atoms with Crippen LogP contribution in [0.15, 0.2) is 16.7 Å². The number of aromatic nitrogens is 3. The van der Waals surface area contributed by atoms with Crippen LogP contribution in [0.5, 0.6) is 0 Å². The minimum atomic E-state index is 0.766. The third kappa shape index (κ3) is 3.07. The molecular formula is C13H13BrN3. The lowest BCUT2D eigenvalue weighted by Gasteiger charge is -1.95. The monoisotopic (exact) mass is 290 g/mol. The van der Waals surface area contributed by atoms with Crippen molar-refractivity contribution in [2.75, 3.05) is 0 Å². The molecule has 2 aromatic rings. The predicted octanol–water partition coefficient (Wildman–Crippen LogP) is 3.47. The second kappa shape index (κ2) is 5.33. The maximum atomic E-state index is 4.22. The standard InChI is InChI=1S/C13H13BrN3/c1-9(2)5-3-4-6-12-11-7-10(14)8-15-13(11)17-16-12/h7-8H,3,5H2,1-2H3,(H,15,16,17). The lowest BCUT2D eigenvalue weighted by Crippen LogP contribution is -1.82. The molecule has 0 aliphatic carbocycles. The fraction of sp³-hybridized carbons (Fsp3) is 0.308. The summed E-state index contributed by atoms with van der Waals surface area (Å²) < 4.78 is 0.937. The highest BCUT2D eigenvalue weighted by molar-refractivity contribution is 9.10. The molecule has 0 saturated carbocycles. The highest BCUT2D eigenvalue weighted by Gasteiger charge is 2.04. The van der Waals surface area contributed by atoms with Crippen molar-refractivity contribution in [3.63, 3.8) is 0 Å². The van der Waals surface area contributed by atoms with Gasteiger partial charge in [0.15, 0.2) is 5.65 Å². The first-order chi connectivity index (χ1) is 8.16. The van der Waals surface area contributed by atoms with Crippen LogP contribution in [0.3, 0.4) is 0 Å². The molecule has 2 rings (SSSR count). The molecule has 0 atom stereocenters. The number of pyridine rings is 1. The Morgan fingerprint density at radius 1 is 1.47 bits per heavy atom. The van der Waals surface area contributed by atoms with Crippen LogP contribution < -0.4 is 0 Å². The van der Waals surface area contributed by atoms with Crippen molar-refractivity contribution in [3.05, 3.63) is 28.3 Å². The summed E-state index contributed by atoms with van der Waals surface area (Å²) in [5.41, 5.74) is 1.54. The molecule has 2 heterocycles. The fourth-order valence-electron chi connectivity index (χ4n) is 1.43. The van der Waals surface area contributed by atoms with E-state index in [0.717, 1.165) is 34.0 Å². The van der Waals surface area contributed by atoms with Crippen LogP contribution in [0.1, 0.15) is 32.4 Å². The molecule has 0 aliphatic rings. The van der Waals surface area contributed by atoms with Crippen molar-refractivity contribution in [2.45, 2.75) is 26.7 Å². The number of fused-ring (bicyclic) bond motifs is 1. The summed E-state index contributed by atoms with van der Waals surface area (Å²) in [7, 11) is 0. The number of H-pyrrole nitrogens is 1. The molecule has 17 heavy (non-hydrogen) atoms. The van der Waals surface area contributed by atoms with Gasteiger partial charge in [0.05, 0.1) is 5.39 Å². The van der Waals surface area contributed by atoms with Crippen LogP contribution in [0.4, 0.5) is 0 Å². The third-order valence-electron chi connectivity index (χ3n) is 2.34. The zero-order chi connectivity index (χ0) is 12.3. The number of halogens is 1. The van der Waals surface area contributed by atoms with Crippen LogP contribution in [-0.4, -0.2) is 15.2 Å². The molecule has 0 aromatic carbocycles. The largest absolute Gasteiger partial charge is 0.260 e. The molecule has 0 unspecified atom stereocenters. The van der Waals surface area contributed by atoms with E-state index >= 15 is 0 Å². The molecule has 1 radical (unpaired) electrons. The molecule has 4 heteroatoms. The van der Waals surface area contributed by atoms with Crippen molar-refractivity contribution in [3.8, 4) is 11.8 Å². The van der Waals surface area contributed by atoms with Gasteiger partial charge in [-0.2, -0.15) is 5.10 Å². The van der Waals surface area contributed by atoms with E-state index in [0.29, 0.717) is 0 Å². The summed E-state index contributed by atoms with van der Waals surface area (Å²) in [6.45, 7) is 4.24. The first-order valence-corrected chi connectivity index (χ1v) is 6.23. The van der Waals surface area contributed by atoms with Crippen molar-refractivity contribution in [1.29, 1.82) is 0 Å². The molecule has 0 aliphatic heterocycles. The van der Waals surface area contributed by atoms with Crippen molar-refractivity contribution in [1.82, 2.24) is 15.2 Å². The summed E-state index contributed by atoms with van der Waals surface area (Å²) in [6, 6.07) is 1.98. The zero-order valence-electron chi connectivity index (χ0n) is 9.84. The van der Waals surface area contributed by atoms with E-state index in [2.05, 4.69) is 56.8 Å². The Balaban J connectivity index is 2.21. The third-order valence-corrected chi connectivity index (χ3v) is 2.77. The SMILES string of the molecule is C[C](C)CCC#Cc1n[nH]c2ncc(Br)cc12. The molecule has 0 spiro atoms. The molecule has 1 N–H and O–H groups in total. The average molecular weight is 291 g/mol. The van der Waals surface area contributed by atoms with E-state index in [9.17, 15) is 0 Å². The van der Waals surface area contributed by atoms with E-state index in [-0.39, 0.29) is 0 Å². The van der Waals surface area contributed by atoms with Gasteiger partial charge in [0.1, 0.15) is 5.69 Å². The van der Waals surface area contributed by atoms with E-state index < -0.39 is 0 Å². The van der Waals surface area contributed by atoms with Gasteiger partial charge in [-0.05, 0) is 40.3 Å². The number of rotatable bonds is 2. The summed E-state index contributed by atoms with van der Waals surface area (Å²) in [4.78, 5) is 4.22. The van der Waals surface area contributed by atoms with Gasteiger partial charge in [-0.1, -0.05) is 19.8 Å². The Bertz CT molecular complexity index is 575. The fourth-order valence-corrected chi connectivity index (χ4v) is 1.76. The van der Waals surface area contributed by atoms with Gasteiger partial charge in [0.2, 0.25) is 0 Å². The highest BCUT2D eigenvalue weighted by Crippen LogP contribution is 2.18. The molecule has 2 aromatic heterocycles. The Morgan fingerprint density at radius 2 is 2.29 bits per heavy atom. The van der Waals surface area contributed by atoms with Gasteiger partial charge in [0.25, 0.3) is 0 Å². The van der Waals surface area contributed by atoms with Crippen molar-refractivity contribution in [2.24, 2.45) is 0 Å². The van der Waals surface area contributed by atoms with Gasteiger partial charge >= 0.3 is 0 Å². The Labute approximate surface area is 109 Å². The Hall–Kier alpha value is -1.34. The van der Waals surface area contributed by atoms with Gasteiger partial charge < -0.3 is 0 Å². The first kappa shape index (κ1) is 12.1. The second-order valence-electron chi connectivity index (χ2n) is 4.13. The summed E-state index contributed by atoms with van der Waals surface area (Å²) in [6.07, 6.45) is 3.66. The van der Waals surface area contributed by atoms with Gasteiger partial charge in [-0.15, -0.1) is 0 Å². The number of nitrogens with zero attached hydrogens (tertiary/aromatic N) is 2. The quantitative estimate of drug-likeness (QED) is 0.861. The van der Waals surface area contributed by atoms with E-state index in [1.807, 2.05) is 6.07 Å². The number of aromatic amines is 1. The summed E-state index contributed by atoms with van der Waals surface area (Å²) >= 11 is 3.40. The lowest BCUT2D eigenvalue weighted by molar-refractivity contribution is 0.866. The Kier molecular flexibility index (Phi) is 3.80. The average Bonchev–Trinajstić information content (AvgIpc) is 2.67. The molecule has 0 saturated heterocycles. The van der Waals surface area contributed by atoms with Crippen molar-refractivity contribution < 1.29 is 0 Å². The van der Waals surface area contributed by atoms with Crippen LogP contribution in [-0.2, 0) is 0 Å². The predicted molar refractivity (Wildman–Crippen MR) is 72.3 cm³/mol. The summed E-state index contributed by atoms with van der Waals surface area (Å²) in [5.74, 6) is 7.62. The van der Waals surface area contributed by atoms with Crippen LogP contribution >= 0.6 is 15.9 Å². The molecule has 0 bridgehead atoms. The maximum absolute atomic E-state index is 4.22. The summed E-state index contributed by atoms with van der Waals surface area (Å²) in [5, 5.41) is 8.00. The molecular weight excluding hydrogens is 278 g/mol. The van der Waals surface area contributed by atoms with E-state index in [1.165, 1.54) is 5.92 Å². The van der Waals surface area contributed by atoms with Gasteiger partial charge in [-0.3, -0.25) is 5.10 Å².